The molecule has 0 N–H and O–H groups in total. The van der Waals surface area contributed by atoms with Crippen LogP contribution in [0.1, 0.15) is 13.8 Å². The van der Waals surface area contributed by atoms with E-state index in [0.29, 0.717) is 5.76 Å². The molecule has 0 aliphatic carbocycles. The molecule has 0 rings (SSSR count). The molecule has 0 aromatic heterocycles. The predicted molar refractivity (Wildman–Crippen MR) is 61.6 cm³/mol. The molecule has 0 aromatic rings. The lowest BCUT2D eigenvalue weighted by Gasteiger charge is -2.01. The van der Waals surface area contributed by atoms with E-state index in [-0.39, 0.29) is 0 Å². The molecule has 0 aromatic carbocycles. The standard InChI is InChI=1S/C11H14OS/c1-5-10(9(3)4)7-11(6-2)12-8-13/h5-8H,1-2H2,3-4H3/b11-7+. The third kappa shape index (κ3) is 4.43. The third-order valence-corrected chi connectivity index (χ3v) is 1.58. The topological polar surface area (TPSA) is 9.23 Å². The first-order chi connectivity index (χ1) is 6.15. The normalized spacial score (nSPS) is 10.2. The zero-order valence-electron chi connectivity index (χ0n) is 8.04. The number of ether oxygens (including phenoxy) is 1. The van der Waals surface area contributed by atoms with Gasteiger partial charge in [-0.1, -0.05) is 24.8 Å². The van der Waals surface area contributed by atoms with Gasteiger partial charge in [-0.25, -0.2) is 0 Å². The fourth-order valence-electron chi connectivity index (χ4n) is 0.757. The van der Waals surface area contributed by atoms with Crippen molar-refractivity contribution in [2.75, 3.05) is 0 Å². The van der Waals surface area contributed by atoms with Gasteiger partial charge in [0.15, 0.2) is 5.55 Å². The summed E-state index contributed by atoms with van der Waals surface area (Å²) in [5, 5.41) is 0. The van der Waals surface area contributed by atoms with Crippen LogP contribution in [0.5, 0.6) is 0 Å². The van der Waals surface area contributed by atoms with Gasteiger partial charge in [-0.3, -0.25) is 0 Å². The Morgan fingerprint density at radius 2 is 1.85 bits per heavy atom. The first kappa shape index (κ1) is 11.8. The van der Waals surface area contributed by atoms with Crippen LogP contribution in [-0.4, -0.2) is 5.55 Å². The third-order valence-electron chi connectivity index (χ3n) is 1.48. The largest absolute Gasteiger partial charge is 0.454 e. The molecule has 70 valence electrons. The zero-order chi connectivity index (χ0) is 10.3. The van der Waals surface area contributed by atoms with E-state index in [2.05, 4.69) is 25.4 Å². The first-order valence-electron chi connectivity index (χ1n) is 3.90. The smallest absolute Gasteiger partial charge is 0.154 e. The maximum atomic E-state index is 5.02. The Balaban J connectivity index is 4.85. The number of hydrogen-bond acceptors (Lipinski definition) is 2. The highest BCUT2D eigenvalue weighted by Crippen LogP contribution is 2.10. The van der Waals surface area contributed by atoms with E-state index in [1.807, 2.05) is 19.9 Å². The molecule has 0 aliphatic rings. The summed E-state index contributed by atoms with van der Waals surface area (Å²) in [5.41, 5.74) is 3.40. The molecule has 13 heavy (non-hydrogen) atoms. The fourth-order valence-corrected chi connectivity index (χ4v) is 0.868. The van der Waals surface area contributed by atoms with E-state index in [1.54, 1.807) is 12.2 Å². The predicted octanol–water partition coefficient (Wildman–Crippen LogP) is 3.55. The summed E-state index contributed by atoms with van der Waals surface area (Å²) < 4.78 is 5.02. The van der Waals surface area contributed by atoms with E-state index in [0.717, 1.165) is 5.57 Å². The van der Waals surface area contributed by atoms with E-state index in [1.165, 1.54) is 11.1 Å². The average Bonchev–Trinajstić information content (AvgIpc) is 2.11. The van der Waals surface area contributed by atoms with Crippen molar-refractivity contribution in [1.29, 1.82) is 0 Å². The van der Waals surface area contributed by atoms with Gasteiger partial charge in [0, 0.05) is 0 Å². The van der Waals surface area contributed by atoms with Gasteiger partial charge in [0.05, 0.1) is 0 Å². The maximum absolute atomic E-state index is 5.02. The van der Waals surface area contributed by atoms with E-state index >= 15 is 0 Å². The van der Waals surface area contributed by atoms with E-state index in [4.69, 9.17) is 4.74 Å². The van der Waals surface area contributed by atoms with Crippen molar-refractivity contribution in [1.82, 2.24) is 0 Å². The molecule has 0 radical (unpaired) electrons. The van der Waals surface area contributed by atoms with Crippen LogP contribution < -0.4 is 0 Å². The van der Waals surface area contributed by atoms with Gasteiger partial charge < -0.3 is 4.74 Å². The minimum Gasteiger partial charge on any atom is -0.454 e. The quantitative estimate of drug-likeness (QED) is 0.376. The van der Waals surface area contributed by atoms with Crippen LogP contribution in [0.25, 0.3) is 0 Å². The molecular formula is C11H14OS. The summed E-state index contributed by atoms with van der Waals surface area (Å²) in [7, 11) is 0. The molecule has 0 unspecified atom stereocenters. The van der Waals surface area contributed by atoms with Crippen molar-refractivity contribution >= 4 is 17.8 Å². The summed E-state index contributed by atoms with van der Waals surface area (Å²) in [5.74, 6) is 0.631. The molecule has 0 amide bonds. The average molecular weight is 194 g/mol. The Labute approximate surface area is 85.1 Å². The van der Waals surface area contributed by atoms with E-state index in [9.17, 15) is 0 Å². The highest BCUT2D eigenvalue weighted by Gasteiger charge is 1.93. The summed E-state index contributed by atoms with van der Waals surface area (Å²) in [6.07, 6.45) is 5.22. The van der Waals surface area contributed by atoms with Crippen LogP contribution >= 0.6 is 12.2 Å². The van der Waals surface area contributed by atoms with Gasteiger partial charge in [0.1, 0.15) is 5.76 Å². The van der Waals surface area contributed by atoms with E-state index < -0.39 is 0 Å². The fraction of sp³-hybridized carbons (Fsp3) is 0.182. The lowest BCUT2D eigenvalue weighted by molar-refractivity contribution is 0.464. The van der Waals surface area contributed by atoms with Gasteiger partial charge in [0.25, 0.3) is 0 Å². The Kier molecular flexibility index (Phi) is 5.81. The van der Waals surface area contributed by atoms with Gasteiger partial charge in [-0.15, -0.1) is 0 Å². The minimum atomic E-state index is 0.631. The Bertz CT molecular complexity index is 268. The Hall–Kier alpha value is -1.15. The summed E-state index contributed by atoms with van der Waals surface area (Å²) >= 11 is 4.57. The van der Waals surface area contributed by atoms with Crippen LogP contribution in [-0.2, 0) is 4.74 Å². The van der Waals surface area contributed by atoms with Gasteiger partial charge in [0.2, 0.25) is 0 Å². The maximum Gasteiger partial charge on any atom is 0.154 e. The summed E-state index contributed by atoms with van der Waals surface area (Å²) in [6.45, 7) is 11.3. The van der Waals surface area contributed by atoms with Crippen LogP contribution in [0.3, 0.4) is 0 Å². The zero-order valence-corrected chi connectivity index (χ0v) is 8.86. The summed E-state index contributed by atoms with van der Waals surface area (Å²) in [4.78, 5) is 0. The molecule has 0 bridgehead atoms. The number of allylic oxidation sites excluding steroid dienone is 5. The summed E-state index contributed by atoms with van der Waals surface area (Å²) in [6, 6.07) is 0. The van der Waals surface area contributed by atoms with Crippen molar-refractivity contribution in [3.63, 3.8) is 0 Å². The Morgan fingerprint density at radius 3 is 2.15 bits per heavy atom. The van der Waals surface area contributed by atoms with Crippen molar-refractivity contribution in [3.8, 4) is 0 Å². The van der Waals surface area contributed by atoms with Crippen molar-refractivity contribution in [2.45, 2.75) is 13.8 Å². The molecule has 0 spiro atoms. The molecular weight excluding hydrogens is 180 g/mol. The van der Waals surface area contributed by atoms with Crippen LogP contribution in [0.2, 0.25) is 0 Å². The lowest BCUT2D eigenvalue weighted by atomic mass is 10.1. The molecule has 0 saturated heterocycles. The lowest BCUT2D eigenvalue weighted by Crippen LogP contribution is -1.86. The highest BCUT2D eigenvalue weighted by molar-refractivity contribution is 7.78. The highest BCUT2D eigenvalue weighted by atomic mass is 32.1. The molecule has 1 nitrogen and oxygen atoms in total. The molecule has 0 saturated carbocycles. The molecule has 2 heteroatoms. The number of rotatable bonds is 5. The molecule has 0 aliphatic heterocycles. The monoisotopic (exact) mass is 194 g/mol. The number of thiocarbonyl (C=S) groups is 1. The second kappa shape index (κ2) is 6.38. The van der Waals surface area contributed by atoms with Crippen molar-refractivity contribution in [3.05, 3.63) is 48.3 Å². The van der Waals surface area contributed by atoms with Crippen molar-refractivity contribution < 1.29 is 4.74 Å². The first-order valence-corrected chi connectivity index (χ1v) is 4.37. The molecule has 0 heterocycles. The van der Waals surface area contributed by atoms with Crippen LogP contribution in [0, 0.1) is 0 Å². The minimum absolute atomic E-state index is 0.631. The van der Waals surface area contributed by atoms with Gasteiger partial charge >= 0.3 is 0 Å². The van der Waals surface area contributed by atoms with Crippen LogP contribution in [0.15, 0.2) is 48.3 Å². The number of hydrogen-bond donors (Lipinski definition) is 0. The van der Waals surface area contributed by atoms with Crippen LogP contribution in [0.4, 0.5) is 0 Å². The van der Waals surface area contributed by atoms with Gasteiger partial charge in [-0.05, 0) is 43.8 Å². The molecule has 0 fully saturated rings. The van der Waals surface area contributed by atoms with Gasteiger partial charge in [-0.2, -0.15) is 0 Å². The second-order valence-electron chi connectivity index (χ2n) is 2.62. The Morgan fingerprint density at radius 1 is 1.23 bits per heavy atom. The SMILES string of the molecule is C=CC(/C=C(\C=C)OC=S)=C(C)C. The van der Waals surface area contributed by atoms with Crippen molar-refractivity contribution in [2.24, 2.45) is 0 Å². The molecule has 0 atom stereocenters. The second-order valence-corrected chi connectivity index (χ2v) is 2.82.